The summed E-state index contributed by atoms with van der Waals surface area (Å²) in [5, 5.41) is 0. The largest absolute Gasteiger partial charge is 0.377 e. The monoisotopic (exact) mass is 261 g/mol. The van der Waals surface area contributed by atoms with Crippen LogP contribution in [0, 0.1) is 6.92 Å². The molecule has 1 atom stereocenters. The topological polar surface area (TPSA) is 22.1 Å². The minimum Gasteiger partial charge on any atom is -0.377 e. The molecule has 0 spiro atoms. The maximum Gasteiger partial charge on any atom is 0.0797 e. The molecule has 0 aliphatic heterocycles. The lowest BCUT2D eigenvalue weighted by Crippen LogP contribution is -2.01. The highest BCUT2D eigenvalue weighted by molar-refractivity contribution is 7.09. The van der Waals surface area contributed by atoms with Crippen molar-refractivity contribution in [2.24, 2.45) is 0 Å². The maximum atomic E-state index is 5.71. The van der Waals surface area contributed by atoms with Crippen molar-refractivity contribution in [3.63, 3.8) is 0 Å². The molecule has 0 aliphatic rings. The Morgan fingerprint density at radius 2 is 2.06 bits per heavy atom. The SMILES string of the molecule is Cc1ncsc1C(C)CCOCc1ccccc1. The van der Waals surface area contributed by atoms with Crippen molar-refractivity contribution in [2.45, 2.75) is 32.8 Å². The summed E-state index contributed by atoms with van der Waals surface area (Å²) < 4.78 is 5.71. The van der Waals surface area contributed by atoms with Crippen LogP contribution in [-0.4, -0.2) is 11.6 Å². The fourth-order valence-electron chi connectivity index (χ4n) is 1.94. The number of ether oxygens (including phenoxy) is 1. The summed E-state index contributed by atoms with van der Waals surface area (Å²) in [4.78, 5) is 5.68. The van der Waals surface area contributed by atoms with Crippen molar-refractivity contribution in [1.82, 2.24) is 4.98 Å². The van der Waals surface area contributed by atoms with E-state index in [0.717, 1.165) is 18.7 Å². The van der Waals surface area contributed by atoms with Crippen LogP contribution in [0.15, 0.2) is 35.8 Å². The predicted octanol–water partition coefficient (Wildman–Crippen LogP) is 4.16. The van der Waals surface area contributed by atoms with Crippen molar-refractivity contribution in [2.75, 3.05) is 6.61 Å². The van der Waals surface area contributed by atoms with Gasteiger partial charge in [-0.3, -0.25) is 0 Å². The van der Waals surface area contributed by atoms with Gasteiger partial charge < -0.3 is 4.74 Å². The maximum absolute atomic E-state index is 5.71. The Labute approximate surface area is 113 Å². The van der Waals surface area contributed by atoms with E-state index in [0.29, 0.717) is 12.5 Å². The van der Waals surface area contributed by atoms with Crippen LogP contribution in [0.25, 0.3) is 0 Å². The second-order valence-electron chi connectivity index (χ2n) is 4.53. The van der Waals surface area contributed by atoms with Gasteiger partial charge in [0.25, 0.3) is 0 Å². The molecule has 1 heterocycles. The number of benzene rings is 1. The van der Waals surface area contributed by atoms with E-state index in [4.69, 9.17) is 4.74 Å². The molecule has 2 nitrogen and oxygen atoms in total. The Morgan fingerprint density at radius 3 is 2.72 bits per heavy atom. The lowest BCUT2D eigenvalue weighted by atomic mass is 10.1. The highest BCUT2D eigenvalue weighted by Crippen LogP contribution is 2.25. The summed E-state index contributed by atoms with van der Waals surface area (Å²) >= 11 is 1.75. The standard InChI is InChI=1S/C15H19NOS/c1-12(15-13(2)16-11-18-15)8-9-17-10-14-6-4-3-5-7-14/h3-7,11-12H,8-10H2,1-2H3. The minimum atomic E-state index is 0.535. The molecule has 0 amide bonds. The van der Waals surface area contributed by atoms with E-state index in [1.165, 1.54) is 10.4 Å². The second kappa shape index (κ2) is 6.66. The van der Waals surface area contributed by atoms with E-state index in [9.17, 15) is 0 Å². The lowest BCUT2D eigenvalue weighted by Gasteiger charge is -2.10. The van der Waals surface area contributed by atoms with Crippen LogP contribution in [-0.2, 0) is 11.3 Å². The number of thiazole rings is 1. The summed E-state index contributed by atoms with van der Waals surface area (Å²) in [6.45, 7) is 5.82. The van der Waals surface area contributed by atoms with Gasteiger partial charge in [0.15, 0.2) is 0 Å². The van der Waals surface area contributed by atoms with Gasteiger partial charge in [-0.05, 0) is 24.8 Å². The first-order valence-electron chi connectivity index (χ1n) is 6.29. The first-order chi connectivity index (χ1) is 8.77. The molecule has 0 fully saturated rings. The zero-order valence-corrected chi connectivity index (χ0v) is 11.7. The van der Waals surface area contributed by atoms with Crippen LogP contribution in [0.5, 0.6) is 0 Å². The Balaban J connectivity index is 1.71. The highest BCUT2D eigenvalue weighted by atomic mass is 32.1. The Kier molecular flexibility index (Phi) is 4.90. The van der Waals surface area contributed by atoms with Crippen LogP contribution in [0.1, 0.15) is 35.4 Å². The first kappa shape index (κ1) is 13.2. The number of hydrogen-bond acceptors (Lipinski definition) is 3. The third-order valence-electron chi connectivity index (χ3n) is 3.04. The van der Waals surface area contributed by atoms with Crippen molar-refractivity contribution >= 4 is 11.3 Å². The van der Waals surface area contributed by atoms with E-state index in [1.807, 2.05) is 23.7 Å². The molecular formula is C15H19NOS. The van der Waals surface area contributed by atoms with Gasteiger partial charge in [0.05, 0.1) is 17.8 Å². The van der Waals surface area contributed by atoms with Crippen molar-refractivity contribution in [3.8, 4) is 0 Å². The molecule has 0 saturated heterocycles. The normalized spacial score (nSPS) is 12.6. The molecule has 1 aromatic carbocycles. The minimum absolute atomic E-state index is 0.535. The molecule has 96 valence electrons. The van der Waals surface area contributed by atoms with E-state index >= 15 is 0 Å². The number of nitrogens with zero attached hydrogens (tertiary/aromatic N) is 1. The molecule has 0 bridgehead atoms. The van der Waals surface area contributed by atoms with Crippen molar-refractivity contribution in [1.29, 1.82) is 0 Å². The zero-order valence-electron chi connectivity index (χ0n) is 10.9. The molecule has 3 heteroatoms. The van der Waals surface area contributed by atoms with Crippen LogP contribution >= 0.6 is 11.3 Å². The summed E-state index contributed by atoms with van der Waals surface area (Å²) in [6.07, 6.45) is 1.05. The highest BCUT2D eigenvalue weighted by Gasteiger charge is 2.10. The number of rotatable bonds is 6. The number of aromatic nitrogens is 1. The van der Waals surface area contributed by atoms with Crippen LogP contribution in [0.2, 0.25) is 0 Å². The van der Waals surface area contributed by atoms with Gasteiger partial charge in [-0.1, -0.05) is 37.3 Å². The Morgan fingerprint density at radius 1 is 1.28 bits per heavy atom. The Bertz CT molecular complexity index is 466. The molecular weight excluding hydrogens is 242 g/mol. The second-order valence-corrected chi connectivity index (χ2v) is 5.42. The molecule has 2 rings (SSSR count). The third kappa shape index (κ3) is 3.65. The van der Waals surface area contributed by atoms with Gasteiger partial charge in [0, 0.05) is 11.5 Å². The van der Waals surface area contributed by atoms with E-state index in [-0.39, 0.29) is 0 Å². The quantitative estimate of drug-likeness (QED) is 0.728. The third-order valence-corrected chi connectivity index (χ3v) is 4.20. The van der Waals surface area contributed by atoms with Gasteiger partial charge in [-0.2, -0.15) is 0 Å². The van der Waals surface area contributed by atoms with E-state index < -0.39 is 0 Å². The van der Waals surface area contributed by atoms with Gasteiger partial charge in [-0.15, -0.1) is 11.3 Å². The lowest BCUT2D eigenvalue weighted by molar-refractivity contribution is 0.115. The molecule has 1 unspecified atom stereocenters. The van der Waals surface area contributed by atoms with E-state index in [2.05, 4.69) is 31.0 Å². The van der Waals surface area contributed by atoms with Crippen LogP contribution in [0.3, 0.4) is 0 Å². The average Bonchev–Trinajstić information content (AvgIpc) is 2.82. The van der Waals surface area contributed by atoms with Gasteiger partial charge >= 0.3 is 0 Å². The molecule has 2 aromatic rings. The summed E-state index contributed by atoms with van der Waals surface area (Å²) in [5.41, 5.74) is 4.32. The summed E-state index contributed by atoms with van der Waals surface area (Å²) in [5.74, 6) is 0.535. The number of hydrogen-bond donors (Lipinski definition) is 0. The van der Waals surface area contributed by atoms with Crippen molar-refractivity contribution in [3.05, 3.63) is 52.0 Å². The predicted molar refractivity (Wildman–Crippen MR) is 76.0 cm³/mol. The molecule has 0 N–H and O–H groups in total. The Hall–Kier alpha value is -1.19. The molecule has 1 aromatic heterocycles. The van der Waals surface area contributed by atoms with E-state index in [1.54, 1.807) is 11.3 Å². The van der Waals surface area contributed by atoms with Crippen LogP contribution < -0.4 is 0 Å². The number of aryl methyl sites for hydroxylation is 1. The van der Waals surface area contributed by atoms with Gasteiger partial charge in [0.1, 0.15) is 0 Å². The van der Waals surface area contributed by atoms with Crippen LogP contribution in [0.4, 0.5) is 0 Å². The molecule has 0 saturated carbocycles. The smallest absolute Gasteiger partial charge is 0.0797 e. The average molecular weight is 261 g/mol. The van der Waals surface area contributed by atoms with Crippen molar-refractivity contribution < 1.29 is 4.74 Å². The summed E-state index contributed by atoms with van der Waals surface area (Å²) in [6, 6.07) is 10.3. The molecule has 0 aliphatic carbocycles. The molecule has 18 heavy (non-hydrogen) atoms. The zero-order chi connectivity index (χ0) is 12.8. The van der Waals surface area contributed by atoms with Gasteiger partial charge in [-0.25, -0.2) is 4.98 Å². The summed E-state index contributed by atoms with van der Waals surface area (Å²) in [7, 11) is 0. The fraction of sp³-hybridized carbons (Fsp3) is 0.400. The fourth-order valence-corrected chi connectivity index (χ4v) is 2.84. The van der Waals surface area contributed by atoms with Gasteiger partial charge in [0.2, 0.25) is 0 Å². The molecule has 0 radical (unpaired) electrons. The first-order valence-corrected chi connectivity index (χ1v) is 7.17.